The molecular weight excluding hydrogens is 572 g/mol. The van der Waals surface area contributed by atoms with Crippen LogP contribution in [0.25, 0.3) is 11.1 Å². The third-order valence-corrected chi connectivity index (χ3v) is 8.68. The molecule has 2 rings (SSSR count). The molecule has 46 heavy (non-hydrogen) atoms. The monoisotopic (exact) mass is 636 g/mol. The van der Waals surface area contributed by atoms with Crippen LogP contribution in [-0.2, 0) is 32.3 Å². The average molecular weight is 637 g/mol. The first-order chi connectivity index (χ1) is 22.5. The summed E-state index contributed by atoms with van der Waals surface area (Å²) < 4.78 is 11.6. The maximum Gasteiger partial charge on any atom is 0.307 e. The highest BCUT2D eigenvalue weighted by molar-refractivity contribution is 5.73. The van der Waals surface area contributed by atoms with Crippen molar-refractivity contribution < 1.29 is 19.1 Å². The molecule has 0 bridgehead atoms. The fraction of sp³-hybridized carbons (Fsp3) is 0.650. The number of nitrogens with zero attached hydrogens (tertiary/aromatic N) is 2. The van der Waals surface area contributed by atoms with Gasteiger partial charge in [0.1, 0.15) is 13.2 Å². The molecule has 2 aromatic carbocycles. The molecule has 0 aromatic heterocycles. The maximum atomic E-state index is 12.8. The first kappa shape index (κ1) is 39.5. The van der Waals surface area contributed by atoms with Crippen molar-refractivity contribution in [2.24, 2.45) is 0 Å². The molecule has 0 aliphatic heterocycles. The lowest BCUT2D eigenvalue weighted by Gasteiger charge is -2.22. The van der Waals surface area contributed by atoms with E-state index in [4.69, 9.17) is 9.47 Å². The second-order valence-electron chi connectivity index (χ2n) is 12.6. The largest absolute Gasteiger partial charge is 0.461 e. The van der Waals surface area contributed by atoms with Crippen molar-refractivity contribution in [1.82, 2.24) is 9.80 Å². The molecule has 0 aliphatic carbocycles. The lowest BCUT2D eigenvalue weighted by atomic mass is 9.96. The zero-order valence-electron chi connectivity index (χ0n) is 29.7. The summed E-state index contributed by atoms with van der Waals surface area (Å²) in [6.45, 7) is 15.0. The summed E-state index contributed by atoms with van der Waals surface area (Å²) in [7, 11) is 0. The summed E-state index contributed by atoms with van der Waals surface area (Å²) in [5.41, 5.74) is 3.90. The number of rotatable bonds is 27. The Labute approximate surface area is 281 Å². The van der Waals surface area contributed by atoms with E-state index >= 15 is 0 Å². The molecule has 0 N–H and O–H groups in total. The highest BCUT2D eigenvalue weighted by Crippen LogP contribution is 2.28. The highest BCUT2D eigenvalue weighted by atomic mass is 16.5. The Morgan fingerprint density at radius 3 is 1.13 bits per heavy atom. The van der Waals surface area contributed by atoms with Crippen LogP contribution in [0.3, 0.4) is 0 Å². The van der Waals surface area contributed by atoms with E-state index in [0.29, 0.717) is 12.8 Å². The number of carbonyl (C=O) groups excluding carboxylic acids is 2. The van der Waals surface area contributed by atoms with E-state index < -0.39 is 0 Å². The van der Waals surface area contributed by atoms with Crippen LogP contribution in [0, 0.1) is 0 Å². The van der Waals surface area contributed by atoms with E-state index in [9.17, 15) is 9.59 Å². The van der Waals surface area contributed by atoms with Gasteiger partial charge in [-0.25, -0.2) is 0 Å². The molecule has 0 aliphatic rings. The number of carbonyl (C=O) groups is 2. The van der Waals surface area contributed by atoms with Gasteiger partial charge in [-0.3, -0.25) is 9.59 Å². The molecule has 6 heteroatoms. The summed E-state index contributed by atoms with van der Waals surface area (Å²) in [6, 6.07) is 16.1. The Hall–Kier alpha value is -2.70. The number of unbranched alkanes of at least 4 members (excludes halogenated alkanes) is 8. The number of ether oxygens (including phenoxy) is 2. The summed E-state index contributed by atoms with van der Waals surface area (Å²) >= 11 is 0. The summed E-state index contributed by atoms with van der Waals surface area (Å²) in [5, 5.41) is 0. The van der Waals surface area contributed by atoms with Crippen molar-refractivity contribution in [1.29, 1.82) is 0 Å². The number of benzene rings is 2. The molecule has 0 heterocycles. The molecule has 258 valence electrons. The van der Waals surface area contributed by atoms with Crippen LogP contribution in [0.4, 0.5) is 0 Å². The van der Waals surface area contributed by atoms with Gasteiger partial charge in [-0.1, -0.05) is 128 Å². The topological polar surface area (TPSA) is 59.1 Å². The smallest absolute Gasteiger partial charge is 0.307 e. The first-order valence-corrected chi connectivity index (χ1v) is 18.4. The number of esters is 2. The van der Waals surface area contributed by atoms with Gasteiger partial charge in [-0.15, -0.1) is 0 Å². The maximum absolute atomic E-state index is 12.8. The van der Waals surface area contributed by atoms with E-state index in [1.807, 2.05) is 36.4 Å². The van der Waals surface area contributed by atoms with Crippen LogP contribution in [0.1, 0.15) is 129 Å². The molecule has 0 atom stereocenters. The Balaban J connectivity index is 1.95. The molecule has 0 fully saturated rings. The van der Waals surface area contributed by atoms with Gasteiger partial charge < -0.3 is 19.3 Å². The molecule has 0 saturated heterocycles. The van der Waals surface area contributed by atoms with Crippen LogP contribution in [0.5, 0.6) is 0 Å². The molecule has 0 saturated carbocycles. The average Bonchev–Trinajstić information content (AvgIpc) is 3.07. The summed E-state index contributed by atoms with van der Waals surface area (Å²) in [6.07, 6.45) is 15.2. The Morgan fingerprint density at radius 1 is 0.478 bits per heavy atom. The van der Waals surface area contributed by atoms with Crippen molar-refractivity contribution in [2.45, 2.75) is 131 Å². The predicted octanol–water partition coefficient (Wildman–Crippen LogP) is 9.59. The van der Waals surface area contributed by atoms with Crippen molar-refractivity contribution in [3.8, 4) is 11.1 Å². The molecular formula is C40H64N2O4. The minimum atomic E-state index is -0.161. The van der Waals surface area contributed by atoms with Crippen LogP contribution in [-0.4, -0.2) is 61.0 Å². The number of hydrogen-bond donors (Lipinski definition) is 0. The van der Waals surface area contributed by atoms with E-state index in [-0.39, 0.29) is 25.2 Å². The minimum absolute atomic E-state index is 0.161. The first-order valence-electron chi connectivity index (χ1n) is 18.4. The highest BCUT2D eigenvalue weighted by Gasteiger charge is 2.15. The molecule has 0 radical (unpaired) electrons. The predicted molar refractivity (Wildman–Crippen MR) is 192 cm³/mol. The third kappa shape index (κ3) is 16.7. The standard InChI is InChI=1S/C40H64N2O4/c1-5-9-17-27-41(28-18-10-6-2)31-25-39(43)45-33-35-21-13-15-23-37(35)38-24-16-14-22-36(38)34-46-40(44)26-32-42(29-19-11-7-3)30-20-12-8-4/h13-16,21-24H,5-12,17-20,25-34H2,1-4H3. The van der Waals surface area contributed by atoms with Gasteiger partial charge in [0.25, 0.3) is 0 Å². The molecule has 6 nitrogen and oxygen atoms in total. The van der Waals surface area contributed by atoms with Gasteiger partial charge in [0, 0.05) is 13.1 Å². The Bertz CT molecular complexity index is 983. The van der Waals surface area contributed by atoms with Gasteiger partial charge in [0.15, 0.2) is 0 Å². The SMILES string of the molecule is CCCCCN(CCCCC)CCC(=O)OCc1ccccc1-c1ccccc1COC(=O)CCN(CCCCC)CCCCC. The second kappa shape index (κ2) is 25.4. The van der Waals surface area contributed by atoms with Crippen molar-refractivity contribution in [3.63, 3.8) is 0 Å². The molecule has 0 amide bonds. The van der Waals surface area contributed by atoms with Crippen molar-refractivity contribution in [3.05, 3.63) is 59.7 Å². The van der Waals surface area contributed by atoms with E-state index in [1.54, 1.807) is 0 Å². The van der Waals surface area contributed by atoms with Crippen LogP contribution in [0.15, 0.2) is 48.5 Å². The molecule has 0 spiro atoms. The van der Waals surface area contributed by atoms with Gasteiger partial charge >= 0.3 is 11.9 Å². The van der Waals surface area contributed by atoms with Crippen molar-refractivity contribution >= 4 is 11.9 Å². The zero-order chi connectivity index (χ0) is 33.2. The van der Waals surface area contributed by atoms with E-state index in [2.05, 4.69) is 49.6 Å². The fourth-order valence-corrected chi connectivity index (χ4v) is 5.79. The quantitative estimate of drug-likeness (QED) is 0.0719. The van der Waals surface area contributed by atoms with E-state index in [0.717, 1.165) is 61.5 Å². The van der Waals surface area contributed by atoms with E-state index in [1.165, 1.54) is 77.0 Å². The van der Waals surface area contributed by atoms with Gasteiger partial charge in [-0.05, 0) is 74.1 Å². The summed E-state index contributed by atoms with van der Waals surface area (Å²) in [5.74, 6) is -0.321. The van der Waals surface area contributed by atoms with Gasteiger partial charge in [-0.2, -0.15) is 0 Å². The van der Waals surface area contributed by atoms with Crippen LogP contribution < -0.4 is 0 Å². The molecule has 2 aromatic rings. The van der Waals surface area contributed by atoms with Gasteiger partial charge in [0.2, 0.25) is 0 Å². The van der Waals surface area contributed by atoms with Crippen molar-refractivity contribution in [2.75, 3.05) is 39.3 Å². The third-order valence-electron chi connectivity index (χ3n) is 8.68. The normalized spacial score (nSPS) is 11.3. The Kier molecular flexibility index (Phi) is 21.8. The number of hydrogen-bond acceptors (Lipinski definition) is 6. The lowest BCUT2D eigenvalue weighted by Crippen LogP contribution is -2.29. The molecule has 0 unspecified atom stereocenters. The summed E-state index contributed by atoms with van der Waals surface area (Å²) in [4.78, 5) is 30.5. The second-order valence-corrected chi connectivity index (χ2v) is 12.6. The Morgan fingerprint density at radius 2 is 0.804 bits per heavy atom. The van der Waals surface area contributed by atoms with Crippen LogP contribution >= 0.6 is 0 Å². The fourth-order valence-electron chi connectivity index (χ4n) is 5.79. The van der Waals surface area contributed by atoms with Crippen LogP contribution in [0.2, 0.25) is 0 Å². The lowest BCUT2D eigenvalue weighted by molar-refractivity contribution is -0.146. The zero-order valence-corrected chi connectivity index (χ0v) is 29.7. The minimum Gasteiger partial charge on any atom is -0.461 e. The van der Waals surface area contributed by atoms with Gasteiger partial charge in [0.05, 0.1) is 12.8 Å².